The van der Waals surface area contributed by atoms with Crippen molar-refractivity contribution in [1.29, 1.82) is 0 Å². The molecule has 5 heteroatoms. The number of amides is 1. The third kappa shape index (κ3) is 4.83. The monoisotopic (exact) mass is 444 g/mol. The Kier molecular flexibility index (Phi) is 7.27. The van der Waals surface area contributed by atoms with E-state index < -0.39 is 5.41 Å². The second-order valence-corrected chi connectivity index (χ2v) is 8.23. The Morgan fingerprint density at radius 3 is 2.43 bits per heavy atom. The molecule has 2 aromatic rings. The summed E-state index contributed by atoms with van der Waals surface area (Å²) in [5.41, 5.74) is 2.58. The fraction of sp³-hybridized carbons (Fsp3) is 0.435. The third-order valence-corrected chi connectivity index (χ3v) is 6.19. The summed E-state index contributed by atoms with van der Waals surface area (Å²) in [7, 11) is 0. The Morgan fingerprint density at radius 1 is 1.11 bits per heavy atom. The van der Waals surface area contributed by atoms with Gasteiger partial charge in [0, 0.05) is 29.9 Å². The van der Waals surface area contributed by atoms with E-state index in [0.717, 1.165) is 35.4 Å². The highest BCUT2D eigenvalue weighted by atomic mass is 79.9. The van der Waals surface area contributed by atoms with E-state index in [1.165, 1.54) is 5.56 Å². The number of hydrogen-bond acceptors (Lipinski definition) is 3. The van der Waals surface area contributed by atoms with Gasteiger partial charge in [-0.25, -0.2) is 0 Å². The number of carbonyl (C=O) groups is 1. The first kappa shape index (κ1) is 21.0. The van der Waals surface area contributed by atoms with Gasteiger partial charge >= 0.3 is 0 Å². The van der Waals surface area contributed by atoms with E-state index in [1.54, 1.807) is 0 Å². The molecule has 1 aliphatic rings. The van der Waals surface area contributed by atoms with Crippen LogP contribution in [0.2, 0.25) is 0 Å². The molecule has 1 saturated heterocycles. The summed E-state index contributed by atoms with van der Waals surface area (Å²) in [6.07, 6.45) is 1.39. The first-order chi connectivity index (χ1) is 13.6. The molecule has 2 aromatic carbocycles. The lowest BCUT2D eigenvalue weighted by Crippen LogP contribution is -2.44. The molecule has 0 spiro atoms. The second kappa shape index (κ2) is 9.68. The maximum atomic E-state index is 13.4. The van der Waals surface area contributed by atoms with E-state index in [1.807, 2.05) is 36.4 Å². The van der Waals surface area contributed by atoms with Crippen LogP contribution in [0.4, 0.5) is 5.69 Å². The van der Waals surface area contributed by atoms with Crippen molar-refractivity contribution in [1.82, 2.24) is 4.90 Å². The van der Waals surface area contributed by atoms with Crippen molar-refractivity contribution in [3.63, 3.8) is 0 Å². The molecule has 4 nitrogen and oxygen atoms in total. The molecular weight excluding hydrogens is 416 g/mol. The van der Waals surface area contributed by atoms with Gasteiger partial charge in [-0.3, -0.25) is 9.69 Å². The molecule has 0 saturated carbocycles. The van der Waals surface area contributed by atoms with Crippen LogP contribution >= 0.6 is 15.9 Å². The molecule has 0 atom stereocenters. The fourth-order valence-corrected chi connectivity index (χ4v) is 4.10. The molecule has 1 fully saturated rings. The van der Waals surface area contributed by atoms with Gasteiger partial charge in [0.25, 0.3) is 0 Å². The Labute approximate surface area is 176 Å². The Morgan fingerprint density at radius 2 is 1.79 bits per heavy atom. The van der Waals surface area contributed by atoms with Gasteiger partial charge in [0.2, 0.25) is 5.91 Å². The van der Waals surface area contributed by atoms with Crippen molar-refractivity contribution in [3.05, 3.63) is 64.1 Å². The number of benzene rings is 2. The summed E-state index contributed by atoms with van der Waals surface area (Å²) in [6.45, 7) is 8.46. The van der Waals surface area contributed by atoms with Crippen molar-refractivity contribution >= 4 is 27.5 Å². The number of anilines is 1. The number of carbonyl (C=O) groups excluding carboxylic acids is 1. The van der Waals surface area contributed by atoms with Crippen LogP contribution in [-0.4, -0.2) is 37.1 Å². The predicted molar refractivity (Wildman–Crippen MR) is 118 cm³/mol. The second-order valence-electron chi connectivity index (χ2n) is 7.32. The fourth-order valence-electron chi connectivity index (χ4n) is 3.84. The lowest BCUT2D eigenvalue weighted by atomic mass is 9.73. The largest absolute Gasteiger partial charge is 0.381 e. The van der Waals surface area contributed by atoms with E-state index in [4.69, 9.17) is 4.74 Å². The molecule has 1 heterocycles. The zero-order valence-electron chi connectivity index (χ0n) is 16.7. The minimum absolute atomic E-state index is 0.0538. The van der Waals surface area contributed by atoms with Crippen LogP contribution in [0.1, 0.15) is 37.8 Å². The maximum Gasteiger partial charge on any atom is 0.235 e. The topological polar surface area (TPSA) is 41.6 Å². The number of ether oxygens (including phenoxy) is 1. The molecule has 3 rings (SSSR count). The van der Waals surface area contributed by atoms with Crippen LogP contribution in [0.3, 0.4) is 0 Å². The number of nitrogens with one attached hydrogen (secondary N) is 1. The number of hydrogen-bond donors (Lipinski definition) is 1. The molecule has 0 aliphatic carbocycles. The summed E-state index contributed by atoms with van der Waals surface area (Å²) in [6, 6.07) is 16.3. The lowest BCUT2D eigenvalue weighted by molar-refractivity contribution is -0.125. The molecular formula is C23H29BrN2O2. The SMILES string of the molecule is CCN(CC)Cc1cccc(NC(=O)C2(c3ccc(Br)cc3)CCOCC2)c1. The minimum Gasteiger partial charge on any atom is -0.381 e. The van der Waals surface area contributed by atoms with Gasteiger partial charge in [-0.05, 0) is 61.3 Å². The normalized spacial score (nSPS) is 16.1. The third-order valence-electron chi connectivity index (χ3n) is 5.66. The van der Waals surface area contributed by atoms with Crippen molar-refractivity contribution < 1.29 is 9.53 Å². The average molecular weight is 445 g/mol. The van der Waals surface area contributed by atoms with Gasteiger partial charge in [-0.15, -0.1) is 0 Å². The van der Waals surface area contributed by atoms with E-state index in [0.29, 0.717) is 26.1 Å². The van der Waals surface area contributed by atoms with Crippen molar-refractivity contribution in [2.24, 2.45) is 0 Å². The maximum absolute atomic E-state index is 13.4. The summed E-state index contributed by atoms with van der Waals surface area (Å²) < 4.78 is 6.58. The molecule has 0 unspecified atom stereocenters. The Bertz CT molecular complexity index is 781. The van der Waals surface area contributed by atoms with Crippen molar-refractivity contribution in [2.45, 2.75) is 38.6 Å². The highest BCUT2D eigenvalue weighted by Gasteiger charge is 2.41. The summed E-state index contributed by atoms with van der Waals surface area (Å²) >= 11 is 3.49. The van der Waals surface area contributed by atoms with E-state index in [9.17, 15) is 4.79 Å². The average Bonchev–Trinajstić information content (AvgIpc) is 2.73. The molecule has 1 aliphatic heterocycles. The highest BCUT2D eigenvalue weighted by molar-refractivity contribution is 9.10. The van der Waals surface area contributed by atoms with Gasteiger partial charge in [-0.1, -0.05) is 54.0 Å². The van der Waals surface area contributed by atoms with Crippen LogP contribution in [-0.2, 0) is 21.5 Å². The first-order valence-corrected chi connectivity index (χ1v) is 10.8. The predicted octanol–water partition coefficient (Wildman–Crippen LogP) is 4.98. The first-order valence-electron chi connectivity index (χ1n) is 10.0. The van der Waals surface area contributed by atoms with Crippen LogP contribution in [0.15, 0.2) is 53.0 Å². The summed E-state index contributed by atoms with van der Waals surface area (Å²) in [5.74, 6) is 0.0538. The van der Waals surface area contributed by atoms with Crippen LogP contribution < -0.4 is 5.32 Å². The van der Waals surface area contributed by atoms with E-state index in [2.05, 4.69) is 52.1 Å². The van der Waals surface area contributed by atoms with Gasteiger partial charge < -0.3 is 10.1 Å². The number of halogens is 1. The zero-order valence-corrected chi connectivity index (χ0v) is 18.3. The number of rotatable bonds is 7. The molecule has 1 amide bonds. The van der Waals surface area contributed by atoms with Gasteiger partial charge in [0.1, 0.15) is 0 Å². The molecule has 28 heavy (non-hydrogen) atoms. The van der Waals surface area contributed by atoms with Gasteiger partial charge in [-0.2, -0.15) is 0 Å². The zero-order chi connectivity index (χ0) is 20.0. The Hall–Kier alpha value is -1.69. The minimum atomic E-state index is -0.548. The lowest BCUT2D eigenvalue weighted by Gasteiger charge is -2.36. The van der Waals surface area contributed by atoms with Crippen LogP contribution in [0.25, 0.3) is 0 Å². The van der Waals surface area contributed by atoms with Crippen molar-refractivity contribution in [2.75, 3.05) is 31.6 Å². The molecule has 150 valence electrons. The summed E-state index contributed by atoms with van der Waals surface area (Å²) in [5, 5.41) is 3.19. The Balaban J connectivity index is 1.82. The molecule has 0 bridgehead atoms. The quantitative estimate of drug-likeness (QED) is 0.654. The van der Waals surface area contributed by atoms with E-state index >= 15 is 0 Å². The van der Waals surface area contributed by atoms with E-state index in [-0.39, 0.29) is 5.91 Å². The molecule has 1 N–H and O–H groups in total. The van der Waals surface area contributed by atoms with Gasteiger partial charge in [0.05, 0.1) is 5.41 Å². The smallest absolute Gasteiger partial charge is 0.235 e. The van der Waals surface area contributed by atoms with Crippen LogP contribution in [0.5, 0.6) is 0 Å². The molecule has 0 radical (unpaired) electrons. The standard InChI is InChI=1S/C23H29BrN2O2/c1-3-26(4-2)17-18-6-5-7-21(16-18)25-22(27)23(12-14-28-15-13-23)19-8-10-20(24)11-9-19/h5-11,16H,3-4,12-15,17H2,1-2H3,(H,25,27). The van der Waals surface area contributed by atoms with Crippen molar-refractivity contribution in [3.8, 4) is 0 Å². The van der Waals surface area contributed by atoms with Gasteiger partial charge in [0.15, 0.2) is 0 Å². The van der Waals surface area contributed by atoms with Crippen LogP contribution in [0, 0.1) is 0 Å². The molecule has 0 aromatic heterocycles. The summed E-state index contributed by atoms with van der Waals surface area (Å²) in [4.78, 5) is 15.8. The number of nitrogens with zero attached hydrogens (tertiary/aromatic N) is 1. The highest BCUT2D eigenvalue weighted by Crippen LogP contribution is 2.36.